The minimum Gasteiger partial charge on any atom is -0.457 e. The van der Waals surface area contributed by atoms with Gasteiger partial charge < -0.3 is 20.7 Å². The lowest BCUT2D eigenvalue weighted by molar-refractivity contribution is 0.247. The maximum Gasteiger partial charge on any atom is 0.232 e. The molecular formula is C25H26N10O. The fourth-order valence-corrected chi connectivity index (χ4v) is 4.95. The molecule has 1 atom stereocenters. The highest BCUT2D eigenvalue weighted by molar-refractivity contribution is 5.74. The molecule has 3 aromatic heterocycles. The zero-order valence-corrected chi connectivity index (χ0v) is 19.7. The number of ether oxygens (including phenoxy) is 1. The topological polar surface area (TPSA) is 134 Å². The van der Waals surface area contributed by atoms with E-state index >= 15 is 0 Å². The monoisotopic (exact) mass is 482 g/mol. The van der Waals surface area contributed by atoms with Crippen LogP contribution >= 0.6 is 0 Å². The van der Waals surface area contributed by atoms with Crippen LogP contribution in [0.1, 0.15) is 31.2 Å². The summed E-state index contributed by atoms with van der Waals surface area (Å²) in [7, 11) is 0. The number of nitrogens with zero attached hydrogens (tertiary/aromatic N) is 8. The Balaban J connectivity index is 1.27. The van der Waals surface area contributed by atoms with Crippen molar-refractivity contribution in [3.63, 3.8) is 0 Å². The molecule has 2 aliphatic heterocycles. The Kier molecular flexibility index (Phi) is 5.71. The summed E-state index contributed by atoms with van der Waals surface area (Å²) in [5.41, 5.74) is 7.76. The lowest BCUT2D eigenvalue weighted by Crippen LogP contribution is -2.44. The van der Waals surface area contributed by atoms with Gasteiger partial charge in [-0.2, -0.15) is 19.7 Å². The van der Waals surface area contributed by atoms with Gasteiger partial charge in [0.1, 0.15) is 23.1 Å². The van der Waals surface area contributed by atoms with Gasteiger partial charge in [-0.15, -0.1) is 5.10 Å². The summed E-state index contributed by atoms with van der Waals surface area (Å²) in [6, 6.07) is 13.2. The van der Waals surface area contributed by atoms with Crippen LogP contribution in [-0.2, 0) is 0 Å². The van der Waals surface area contributed by atoms with Crippen LogP contribution in [-0.4, -0.2) is 55.3 Å². The van der Waals surface area contributed by atoms with Crippen LogP contribution in [0.5, 0.6) is 11.5 Å². The summed E-state index contributed by atoms with van der Waals surface area (Å²) in [5, 5.41) is 17.7. The van der Waals surface area contributed by atoms with E-state index in [1.54, 1.807) is 24.5 Å². The maximum atomic E-state index is 9.97. The molecule has 11 heteroatoms. The summed E-state index contributed by atoms with van der Waals surface area (Å²) < 4.78 is 7.24. The van der Waals surface area contributed by atoms with Crippen molar-refractivity contribution < 1.29 is 4.74 Å². The first kappa shape index (κ1) is 22.1. The fraction of sp³-hybridized carbons (Fsp3) is 0.320. The third-order valence-electron chi connectivity index (χ3n) is 6.65. The van der Waals surface area contributed by atoms with Crippen LogP contribution in [0.2, 0.25) is 0 Å². The van der Waals surface area contributed by atoms with Gasteiger partial charge in [0.15, 0.2) is 11.5 Å². The van der Waals surface area contributed by atoms with Gasteiger partial charge in [0.05, 0.1) is 6.17 Å². The number of hydrogen-bond donors (Lipinski definition) is 2. The van der Waals surface area contributed by atoms with E-state index in [4.69, 9.17) is 15.5 Å². The van der Waals surface area contributed by atoms with E-state index in [2.05, 4.69) is 36.3 Å². The molecule has 6 rings (SSSR count). The van der Waals surface area contributed by atoms with Gasteiger partial charge in [-0.3, -0.25) is 9.88 Å². The molecule has 0 aliphatic carbocycles. The van der Waals surface area contributed by atoms with Gasteiger partial charge in [-0.1, -0.05) is 0 Å². The molecule has 5 heterocycles. The fourth-order valence-electron chi connectivity index (χ4n) is 4.95. The minimum absolute atomic E-state index is 0.202. The lowest BCUT2D eigenvalue weighted by atomic mass is 10.2. The van der Waals surface area contributed by atoms with Crippen LogP contribution in [0.3, 0.4) is 0 Å². The second kappa shape index (κ2) is 9.31. The molecule has 0 saturated carbocycles. The molecule has 11 nitrogen and oxygen atoms in total. The van der Waals surface area contributed by atoms with Crippen molar-refractivity contribution in [2.24, 2.45) is 0 Å². The standard InChI is InChI=1S/C25H26N10O/c26-16-20-22(29-17-5-7-18(8-6-17)36-19-9-11-28-12-10-19)32-35-23(20)30-25(31-24(35)27)34-15-3-4-21(34)33-13-1-2-14-33/h5-12,21H,1-4,13-15H2,(H,29,32)(H2,27,30,31). The second-order valence-corrected chi connectivity index (χ2v) is 8.95. The van der Waals surface area contributed by atoms with Gasteiger partial charge in [-0.25, -0.2) is 0 Å². The number of nitriles is 1. The molecule has 2 aliphatic rings. The first-order valence-electron chi connectivity index (χ1n) is 12.1. The number of anilines is 4. The summed E-state index contributed by atoms with van der Waals surface area (Å²) >= 11 is 0. The predicted octanol–water partition coefficient (Wildman–Crippen LogP) is 3.53. The number of hydrogen-bond acceptors (Lipinski definition) is 10. The first-order chi connectivity index (χ1) is 17.7. The Labute approximate surface area is 208 Å². The number of fused-ring (bicyclic) bond motifs is 1. The average Bonchev–Trinajstić information content (AvgIpc) is 3.65. The summed E-state index contributed by atoms with van der Waals surface area (Å²) in [4.78, 5) is 18.0. The van der Waals surface area contributed by atoms with E-state index < -0.39 is 0 Å². The summed E-state index contributed by atoms with van der Waals surface area (Å²) in [5.74, 6) is 2.51. The van der Waals surface area contributed by atoms with Crippen molar-refractivity contribution in [3.05, 3.63) is 54.4 Å². The maximum absolute atomic E-state index is 9.97. The van der Waals surface area contributed by atoms with Gasteiger partial charge in [0.2, 0.25) is 11.9 Å². The first-order valence-corrected chi connectivity index (χ1v) is 12.1. The number of likely N-dealkylation sites (tertiary alicyclic amines) is 1. The number of benzene rings is 1. The molecule has 1 aromatic carbocycles. The smallest absolute Gasteiger partial charge is 0.232 e. The summed E-state index contributed by atoms with van der Waals surface area (Å²) in [6.45, 7) is 3.05. The Morgan fingerprint density at radius 1 is 0.972 bits per heavy atom. The number of nitrogens with one attached hydrogen (secondary N) is 1. The van der Waals surface area contributed by atoms with Crippen molar-refractivity contribution in [1.82, 2.24) is 29.5 Å². The Morgan fingerprint density at radius 2 is 1.72 bits per heavy atom. The molecule has 182 valence electrons. The van der Waals surface area contributed by atoms with E-state index in [0.29, 0.717) is 34.5 Å². The number of aromatic nitrogens is 5. The van der Waals surface area contributed by atoms with E-state index in [-0.39, 0.29) is 12.1 Å². The predicted molar refractivity (Wildman–Crippen MR) is 135 cm³/mol. The normalized spacial score (nSPS) is 18.0. The average molecular weight is 483 g/mol. The van der Waals surface area contributed by atoms with Gasteiger partial charge >= 0.3 is 0 Å². The highest BCUT2D eigenvalue weighted by atomic mass is 16.5. The van der Waals surface area contributed by atoms with E-state index in [0.717, 1.165) is 38.2 Å². The quantitative estimate of drug-likeness (QED) is 0.420. The van der Waals surface area contributed by atoms with Gasteiger partial charge in [-0.05, 0) is 62.1 Å². The van der Waals surface area contributed by atoms with Crippen LogP contribution in [0, 0.1) is 11.3 Å². The molecule has 36 heavy (non-hydrogen) atoms. The molecular weight excluding hydrogens is 456 g/mol. The second-order valence-electron chi connectivity index (χ2n) is 8.95. The van der Waals surface area contributed by atoms with Crippen molar-refractivity contribution in [2.45, 2.75) is 31.8 Å². The molecule has 0 amide bonds. The van der Waals surface area contributed by atoms with E-state index in [9.17, 15) is 5.26 Å². The number of nitrogens with two attached hydrogens (primary N) is 1. The molecule has 4 aromatic rings. The molecule has 0 radical (unpaired) electrons. The molecule has 2 saturated heterocycles. The van der Waals surface area contributed by atoms with Crippen molar-refractivity contribution in [3.8, 4) is 17.6 Å². The van der Waals surface area contributed by atoms with Crippen LogP contribution in [0.25, 0.3) is 5.65 Å². The molecule has 0 spiro atoms. The highest BCUT2D eigenvalue weighted by Gasteiger charge is 2.33. The highest BCUT2D eigenvalue weighted by Crippen LogP contribution is 2.31. The minimum atomic E-state index is 0.202. The molecule has 2 fully saturated rings. The van der Waals surface area contributed by atoms with E-state index in [1.807, 2.05) is 24.3 Å². The van der Waals surface area contributed by atoms with E-state index in [1.165, 1.54) is 17.4 Å². The van der Waals surface area contributed by atoms with Crippen LogP contribution in [0.15, 0.2) is 48.8 Å². The number of rotatable bonds is 6. The van der Waals surface area contributed by atoms with Gasteiger partial charge in [0, 0.05) is 37.7 Å². The lowest BCUT2D eigenvalue weighted by Gasteiger charge is -2.32. The van der Waals surface area contributed by atoms with Crippen LogP contribution < -0.4 is 20.7 Å². The zero-order chi connectivity index (χ0) is 24.5. The molecule has 0 bridgehead atoms. The third kappa shape index (κ3) is 4.12. The van der Waals surface area contributed by atoms with Crippen molar-refractivity contribution in [1.29, 1.82) is 5.26 Å². The number of pyridine rings is 1. The molecule has 1 unspecified atom stereocenters. The largest absolute Gasteiger partial charge is 0.457 e. The molecule has 3 N–H and O–H groups in total. The Hall–Kier alpha value is -4.43. The summed E-state index contributed by atoms with van der Waals surface area (Å²) in [6.07, 6.45) is 8.22. The Morgan fingerprint density at radius 3 is 2.47 bits per heavy atom. The third-order valence-corrected chi connectivity index (χ3v) is 6.65. The van der Waals surface area contributed by atoms with Crippen molar-refractivity contribution >= 4 is 29.0 Å². The Bertz CT molecular complexity index is 1410. The zero-order valence-electron chi connectivity index (χ0n) is 19.7. The SMILES string of the molecule is N#Cc1c(Nc2ccc(Oc3ccncc3)cc2)nn2c(N)nc(N3CCCC3N3CCCC3)nc12. The van der Waals surface area contributed by atoms with Crippen molar-refractivity contribution in [2.75, 3.05) is 35.6 Å². The number of nitrogen functional groups attached to an aromatic ring is 1. The van der Waals surface area contributed by atoms with Gasteiger partial charge in [0.25, 0.3) is 0 Å². The van der Waals surface area contributed by atoms with Crippen LogP contribution in [0.4, 0.5) is 23.4 Å².